The van der Waals surface area contributed by atoms with E-state index in [0.29, 0.717) is 5.82 Å². The number of carbonyl (C=O) groups is 1. The molecule has 2 aromatic rings. The van der Waals surface area contributed by atoms with E-state index in [9.17, 15) is 4.79 Å². The van der Waals surface area contributed by atoms with Gasteiger partial charge in [0.15, 0.2) is 11.5 Å². The number of aromatic nitrogens is 2. The summed E-state index contributed by atoms with van der Waals surface area (Å²) in [5, 5.41) is 22.2. The molecule has 0 spiro atoms. The van der Waals surface area contributed by atoms with E-state index in [4.69, 9.17) is 5.26 Å². The monoisotopic (exact) mass is 281 g/mol. The fourth-order valence-corrected chi connectivity index (χ4v) is 1.53. The van der Waals surface area contributed by atoms with E-state index in [0.717, 1.165) is 11.4 Å². The van der Waals surface area contributed by atoms with Crippen LogP contribution in [0.25, 0.3) is 0 Å². The lowest BCUT2D eigenvalue weighted by molar-refractivity contribution is -0.118. The van der Waals surface area contributed by atoms with Gasteiger partial charge in [0.2, 0.25) is 5.91 Å². The summed E-state index contributed by atoms with van der Waals surface area (Å²) in [6, 6.07) is 12.5. The molecule has 0 aliphatic heterocycles. The average molecular weight is 281 g/mol. The Morgan fingerprint density at radius 2 is 1.76 bits per heavy atom. The molecule has 1 aromatic heterocycles. The zero-order valence-corrected chi connectivity index (χ0v) is 11.8. The maximum atomic E-state index is 11.6. The second-order valence-corrected chi connectivity index (χ2v) is 4.76. The van der Waals surface area contributed by atoms with Gasteiger partial charge in [0.25, 0.3) is 0 Å². The Balaban J connectivity index is 2.02. The lowest BCUT2D eigenvalue weighted by atomic mass is 10.2. The van der Waals surface area contributed by atoms with Crippen LogP contribution in [-0.4, -0.2) is 16.1 Å². The second-order valence-electron chi connectivity index (χ2n) is 4.76. The van der Waals surface area contributed by atoms with Gasteiger partial charge in [-0.05, 0) is 36.4 Å². The predicted octanol–water partition coefficient (Wildman–Crippen LogP) is 2.69. The van der Waals surface area contributed by atoms with Crippen molar-refractivity contribution in [1.82, 2.24) is 10.2 Å². The van der Waals surface area contributed by atoms with Crippen molar-refractivity contribution in [2.45, 2.75) is 13.8 Å². The molecule has 106 valence electrons. The molecule has 1 amide bonds. The first-order chi connectivity index (χ1) is 10.1. The van der Waals surface area contributed by atoms with Gasteiger partial charge in [-0.25, -0.2) is 0 Å². The Bertz CT molecular complexity index is 656. The van der Waals surface area contributed by atoms with Gasteiger partial charge in [-0.3, -0.25) is 4.79 Å². The van der Waals surface area contributed by atoms with E-state index in [1.165, 1.54) is 0 Å². The topological polar surface area (TPSA) is 90.7 Å². The predicted molar refractivity (Wildman–Crippen MR) is 79.9 cm³/mol. The van der Waals surface area contributed by atoms with Gasteiger partial charge in [-0.1, -0.05) is 13.8 Å². The van der Waals surface area contributed by atoms with Gasteiger partial charge in [0.05, 0.1) is 0 Å². The molecule has 2 N–H and O–H groups in total. The molecule has 1 aromatic carbocycles. The summed E-state index contributed by atoms with van der Waals surface area (Å²) in [5.41, 5.74) is 1.83. The van der Waals surface area contributed by atoms with Gasteiger partial charge in [0, 0.05) is 17.3 Å². The third-order valence-corrected chi connectivity index (χ3v) is 2.73. The minimum Gasteiger partial charge on any atom is -0.339 e. The molecule has 2 rings (SSSR count). The van der Waals surface area contributed by atoms with Crippen LogP contribution in [0.2, 0.25) is 0 Å². The van der Waals surface area contributed by atoms with Gasteiger partial charge >= 0.3 is 0 Å². The summed E-state index contributed by atoms with van der Waals surface area (Å²) in [6.45, 7) is 3.68. The number of hydrogen-bond donors (Lipinski definition) is 2. The fourth-order valence-electron chi connectivity index (χ4n) is 1.53. The third-order valence-electron chi connectivity index (χ3n) is 2.73. The molecule has 21 heavy (non-hydrogen) atoms. The molecule has 0 radical (unpaired) electrons. The van der Waals surface area contributed by atoms with E-state index in [-0.39, 0.29) is 17.5 Å². The van der Waals surface area contributed by atoms with E-state index >= 15 is 0 Å². The number of nitriles is 1. The molecule has 0 aliphatic rings. The fraction of sp³-hybridized carbons (Fsp3) is 0.200. The number of rotatable bonds is 4. The van der Waals surface area contributed by atoms with Crippen LogP contribution >= 0.6 is 0 Å². The first-order valence-corrected chi connectivity index (χ1v) is 6.50. The van der Waals surface area contributed by atoms with E-state index in [1.54, 1.807) is 24.3 Å². The minimum absolute atomic E-state index is 0.0198. The molecular weight excluding hydrogens is 266 g/mol. The smallest absolute Gasteiger partial charge is 0.226 e. The van der Waals surface area contributed by atoms with Crippen LogP contribution < -0.4 is 10.6 Å². The summed E-state index contributed by atoms with van der Waals surface area (Å²) in [6.07, 6.45) is 0. The van der Waals surface area contributed by atoms with Crippen LogP contribution in [-0.2, 0) is 4.79 Å². The maximum Gasteiger partial charge on any atom is 0.226 e. The summed E-state index contributed by atoms with van der Waals surface area (Å²) < 4.78 is 0. The molecule has 0 bridgehead atoms. The van der Waals surface area contributed by atoms with Crippen LogP contribution in [0, 0.1) is 17.2 Å². The summed E-state index contributed by atoms with van der Waals surface area (Å²) >= 11 is 0. The number of benzene rings is 1. The van der Waals surface area contributed by atoms with E-state index in [2.05, 4.69) is 20.8 Å². The van der Waals surface area contributed by atoms with Crippen molar-refractivity contribution >= 4 is 23.1 Å². The largest absolute Gasteiger partial charge is 0.339 e. The summed E-state index contributed by atoms with van der Waals surface area (Å²) in [7, 11) is 0. The highest BCUT2D eigenvalue weighted by Crippen LogP contribution is 2.17. The van der Waals surface area contributed by atoms with E-state index in [1.807, 2.05) is 32.0 Å². The Morgan fingerprint density at radius 3 is 2.29 bits per heavy atom. The molecule has 0 atom stereocenters. The number of hydrogen-bond acceptors (Lipinski definition) is 5. The van der Waals surface area contributed by atoms with Gasteiger partial charge in [-0.15, -0.1) is 10.2 Å². The number of carbonyl (C=O) groups excluding carboxylic acids is 1. The zero-order chi connectivity index (χ0) is 15.2. The van der Waals surface area contributed by atoms with Crippen molar-refractivity contribution in [3.8, 4) is 6.07 Å². The Kier molecular flexibility index (Phi) is 4.46. The van der Waals surface area contributed by atoms with Crippen LogP contribution in [0.15, 0.2) is 36.4 Å². The normalized spacial score (nSPS) is 10.0. The van der Waals surface area contributed by atoms with Crippen molar-refractivity contribution in [3.63, 3.8) is 0 Å². The van der Waals surface area contributed by atoms with E-state index < -0.39 is 0 Å². The molecule has 0 saturated carbocycles. The molecule has 0 aliphatic carbocycles. The van der Waals surface area contributed by atoms with Gasteiger partial charge < -0.3 is 10.6 Å². The first-order valence-electron chi connectivity index (χ1n) is 6.50. The molecule has 0 unspecified atom stereocenters. The number of anilines is 3. The Labute approximate surface area is 122 Å². The Morgan fingerprint density at radius 1 is 1.10 bits per heavy atom. The molecular formula is C15H15N5O. The highest BCUT2D eigenvalue weighted by atomic mass is 16.1. The van der Waals surface area contributed by atoms with Crippen molar-refractivity contribution in [1.29, 1.82) is 5.26 Å². The Hall–Kier alpha value is -2.94. The van der Waals surface area contributed by atoms with Crippen molar-refractivity contribution in [3.05, 3.63) is 42.1 Å². The highest BCUT2D eigenvalue weighted by Gasteiger charge is 2.06. The zero-order valence-electron chi connectivity index (χ0n) is 11.8. The van der Waals surface area contributed by atoms with Crippen LogP contribution in [0.1, 0.15) is 19.5 Å². The summed E-state index contributed by atoms with van der Waals surface area (Å²) in [4.78, 5) is 11.6. The third kappa shape index (κ3) is 4.01. The van der Waals surface area contributed by atoms with Crippen molar-refractivity contribution < 1.29 is 4.79 Å². The molecule has 0 fully saturated rings. The molecule has 1 heterocycles. The number of nitrogens with one attached hydrogen (secondary N) is 2. The van der Waals surface area contributed by atoms with Crippen LogP contribution in [0.3, 0.4) is 0 Å². The van der Waals surface area contributed by atoms with Gasteiger partial charge in [0.1, 0.15) is 6.07 Å². The highest BCUT2D eigenvalue weighted by molar-refractivity contribution is 5.92. The standard InChI is InChI=1S/C15H15N5O/c1-10(2)15(21)18-12-5-3-11(4-6-12)17-14-8-7-13(9-16)19-20-14/h3-8,10H,1-2H3,(H,17,20)(H,18,21). The van der Waals surface area contributed by atoms with Crippen molar-refractivity contribution in [2.75, 3.05) is 10.6 Å². The molecule has 0 saturated heterocycles. The summed E-state index contributed by atoms with van der Waals surface area (Å²) in [5.74, 6) is 0.471. The first kappa shape index (κ1) is 14.5. The molecule has 6 nitrogen and oxygen atoms in total. The lowest BCUT2D eigenvalue weighted by Crippen LogP contribution is -2.17. The second kappa shape index (κ2) is 6.48. The number of amides is 1. The minimum atomic E-state index is -0.0586. The lowest BCUT2D eigenvalue weighted by Gasteiger charge is -2.09. The SMILES string of the molecule is CC(C)C(=O)Nc1ccc(Nc2ccc(C#N)nn2)cc1. The average Bonchev–Trinajstić information content (AvgIpc) is 2.50. The van der Waals surface area contributed by atoms with Crippen LogP contribution in [0.4, 0.5) is 17.2 Å². The quantitative estimate of drug-likeness (QED) is 0.899. The van der Waals surface area contributed by atoms with Crippen LogP contribution in [0.5, 0.6) is 0 Å². The molecule has 6 heteroatoms. The van der Waals surface area contributed by atoms with Crippen molar-refractivity contribution in [2.24, 2.45) is 5.92 Å². The number of nitrogens with zero attached hydrogens (tertiary/aromatic N) is 3. The maximum absolute atomic E-state index is 11.6. The van der Waals surface area contributed by atoms with Gasteiger partial charge in [-0.2, -0.15) is 5.26 Å².